The van der Waals surface area contributed by atoms with Gasteiger partial charge in [0.05, 0.1) is 7.11 Å². The van der Waals surface area contributed by atoms with Crippen molar-refractivity contribution in [1.29, 1.82) is 0 Å². The summed E-state index contributed by atoms with van der Waals surface area (Å²) in [6, 6.07) is 11.4. The van der Waals surface area contributed by atoms with E-state index >= 15 is 0 Å². The van der Waals surface area contributed by atoms with Crippen molar-refractivity contribution < 1.29 is 14.3 Å². The van der Waals surface area contributed by atoms with E-state index in [9.17, 15) is 9.59 Å². The van der Waals surface area contributed by atoms with E-state index < -0.39 is 0 Å². The van der Waals surface area contributed by atoms with Crippen molar-refractivity contribution in [3.8, 4) is 0 Å². The van der Waals surface area contributed by atoms with Crippen molar-refractivity contribution >= 4 is 23.1 Å². The molecule has 2 heterocycles. The fourth-order valence-electron chi connectivity index (χ4n) is 3.18. The molecule has 1 aliphatic heterocycles. The van der Waals surface area contributed by atoms with Crippen LogP contribution in [0.5, 0.6) is 0 Å². The second kappa shape index (κ2) is 7.73. The van der Waals surface area contributed by atoms with Crippen LogP contribution in [0.4, 0.5) is 0 Å². The van der Waals surface area contributed by atoms with Crippen LogP contribution in [-0.4, -0.2) is 36.9 Å². The molecule has 1 aromatic heterocycles. The SMILES string of the molecule is COC(=O)c1cc(CN2CCC[C@@H](C(=O)c3ccccc3)C2)cs1. The zero-order valence-electron chi connectivity index (χ0n) is 13.7. The molecule has 0 radical (unpaired) electrons. The van der Waals surface area contributed by atoms with Crippen LogP contribution in [-0.2, 0) is 11.3 Å². The van der Waals surface area contributed by atoms with Crippen LogP contribution in [0.2, 0.25) is 0 Å². The average Bonchev–Trinajstić information content (AvgIpc) is 3.10. The molecule has 0 spiro atoms. The number of piperidine rings is 1. The zero-order chi connectivity index (χ0) is 16.9. The van der Waals surface area contributed by atoms with Crippen LogP contribution < -0.4 is 0 Å². The standard InChI is InChI=1S/C19H21NO3S/c1-23-19(22)17-10-14(13-24-17)11-20-9-5-8-16(12-20)18(21)15-6-3-2-4-7-15/h2-4,6-7,10,13,16H,5,8-9,11-12H2,1H3/t16-/m1/s1. The van der Waals surface area contributed by atoms with Crippen LogP contribution in [0, 0.1) is 5.92 Å². The third kappa shape index (κ3) is 3.91. The van der Waals surface area contributed by atoms with Crippen molar-refractivity contribution in [3.63, 3.8) is 0 Å². The summed E-state index contributed by atoms with van der Waals surface area (Å²) in [7, 11) is 1.39. The van der Waals surface area contributed by atoms with Crippen molar-refractivity contribution in [1.82, 2.24) is 4.90 Å². The number of carbonyl (C=O) groups is 2. The predicted octanol–water partition coefficient (Wildman–Crippen LogP) is 3.63. The highest BCUT2D eigenvalue weighted by atomic mass is 32.1. The fraction of sp³-hybridized carbons (Fsp3) is 0.368. The van der Waals surface area contributed by atoms with Crippen LogP contribution in [0.3, 0.4) is 0 Å². The number of carbonyl (C=O) groups excluding carboxylic acids is 2. The van der Waals surface area contributed by atoms with Gasteiger partial charge >= 0.3 is 5.97 Å². The maximum atomic E-state index is 12.6. The molecule has 4 nitrogen and oxygen atoms in total. The molecular weight excluding hydrogens is 322 g/mol. The van der Waals surface area contributed by atoms with E-state index in [4.69, 9.17) is 4.74 Å². The molecule has 2 aromatic rings. The fourth-order valence-corrected chi connectivity index (χ4v) is 4.00. The first-order valence-electron chi connectivity index (χ1n) is 8.14. The smallest absolute Gasteiger partial charge is 0.348 e. The second-order valence-corrected chi connectivity index (χ2v) is 7.03. The average molecular weight is 343 g/mol. The molecule has 0 amide bonds. The van der Waals surface area contributed by atoms with E-state index in [2.05, 4.69) is 4.90 Å². The van der Waals surface area contributed by atoms with Gasteiger partial charge in [-0.25, -0.2) is 4.79 Å². The number of benzene rings is 1. The topological polar surface area (TPSA) is 46.6 Å². The summed E-state index contributed by atoms with van der Waals surface area (Å²) < 4.78 is 4.75. The van der Waals surface area contributed by atoms with Gasteiger partial charge in [-0.2, -0.15) is 0 Å². The highest BCUT2D eigenvalue weighted by Gasteiger charge is 2.26. The zero-order valence-corrected chi connectivity index (χ0v) is 14.6. The van der Waals surface area contributed by atoms with Crippen LogP contribution in [0.1, 0.15) is 38.4 Å². The van der Waals surface area contributed by atoms with Crippen molar-refractivity contribution in [2.24, 2.45) is 5.92 Å². The summed E-state index contributed by atoms with van der Waals surface area (Å²) in [5.74, 6) is 0.00255. The van der Waals surface area contributed by atoms with Gasteiger partial charge in [-0.05, 0) is 36.4 Å². The Bertz CT molecular complexity index is 710. The van der Waals surface area contributed by atoms with E-state index in [1.165, 1.54) is 18.4 Å². The lowest BCUT2D eigenvalue weighted by Crippen LogP contribution is -2.38. The minimum atomic E-state index is -0.290. The quantitative estimate of drug-likeness (QED) is 0.614. The molecule has 0 saturated carbocycles. The maximum Gasteiger partial charge on any atom is 0.348 e. The molecule has 1 aliphatic rings. The summed E-state index contributed by atoms with van der Waals surface area (Å²) in [6.07, 6.45) is 1.97. The predicted molar refractivity (Wildman–Crippen MR) is 94.4 cm³/mol. The van der Waals surface area contributed by atoms with E-state index in [-0.39, 0.29) is 17.7 Å². The molecule has 126 valence electrons. The molecule has 1 fully saturated rings. The summed E-state index contributed by atoms with van der Waals surface area (Å²) in [5.41, 5.74) is 1.90. The molecule has 0 unspecified atom stereocenters. The summed E-state index contributed by atoms with van der Waals surface area (Å²) in [5, 5.41) is 1.99. The molecule has 24 heavy (non-hydrogen) atoms. The Morgan fingerprint density at radius 3 is 2.83 bits per heavy atom. The molecule has 0 N–H and O–H groups in total. The molecule has 1 atom stereocenters. The number of nitrogens with zero attached hydrogens (tertiary/aromatic N) is 1. The van der Waals surface area contributed by atoms with Gasteiger partial charge < -0.3 is 4.74 Å². The first kappa shape index (κ1) is 16.9. The van der Waals surface area contributed by atoms with Crippen LogP contribution >= 0.6 is 11.3 Å². The third-order valence-corrected chi connectivity index (χ3v) is 5.34. The van der Waals surface area contributed by atoms with E-state index in [0.29, 0.717) is 4.88 Å². The number of Topliss-reactive ketones (excluding diaryl/α,β-unsaturated/α-hetero) is 1. The highest BCUT2D eigenvalue weighted by molar-refractivity contribution is 7.12. The Balaban J connectivity index is 1.62. The Morgan fingerprint density at radius 2 is 2.08 bits per heavy atom. The number of ether oxygens (including phenoxy) is 1. The van der Waals surface area contributed by atoms with Gasteiger partial charge in [-0.1, -0.05) is 30.3 Å². The van der Waals surface area contributed by atoms with Crippen molar-refractivity contribution in [2.45, 2.75) is 19.4 Å². The van der Waals surface area contributed by atoms with Crippen LogP contribution in [0.15, 0.2) is 41.8 Å². The first-order valence-corrected chi connectivity index (χ1v) is 9.02. The largest absolute Gasteiger partial charge is 0.465 e. The Hall–Kier alpha value is -1.98. The summed E-state index contributed by atoms with van der Waals surface area (Å²) in [6.45, 7) is 2.53. The Kier molecular flexibility index (Phi) is 5.43. The minimum Gasteiger partial charge on any atom is -0.465 e. The number of methoxy groups -OCH3 is 1. The normalized spacial score (nSPS) is 18.3. The van der Waals surface area contributed by atoms with Gasteiger partial charge in [0, 0.05) is 24.6 Å². The molecule has 1 aromatic carbocycles. The van der Waals surface area contributed by atoms with Crippen molar-refractivity contribution in [2.75, 3.05) is 20.2 Å². The highest BCUT2D eigenvalue weighted by Crippen LogP contribution is 2.24. The third-order valence-electron chi connectivity index (χ3n) is 4.38. The molecule has 5 heteroatoms. The van der Waals surface area contributed by atoms with Crippen LogP contribution in [0.25, 0.3) is 0 Å². The number of rotatable bonds is 5. The number of thiophene rings is 1. The monoisotopic (exact) mass is 343 g/mol. The Labute approximate surface area is 146 Å². The van der Waals surface area contributed by atoms with E-state index in [1.54, 1.807) is 0 Å². The first-order chi connectivity index (χ1) is 11.7. The number of ketones is 1. The second-order valence-electron chi connectivity index (χ2n) is 6.12. The van der Waals surface area contributed by atoms with Gasteiger partial charge in [0.15, 0.2) is 5.78 Å². The molecule has 0 bridgehead atoms. The molecule has 0 aliphatic carbocycles. The maximum absolute atomic E-state index is 12.6. The lowest BCUT2D eigenvalue weighted by atomic mass is 9.90. The Morgan fingerprint density at radius 1 is 1.29 bits per heavy atom. The van der Waals surface area contributed by atoms with Crippen molar-refractivity contribution in [3.05, 3.63) is 57.8 Å². The lowest BCUT2D eigenvalue weighted by Gasteiger charge is -2.31. The lowest BCUT2D eigenvalue weighted by molar-refractivity contribution is 0.0606. The van der Waals surface area contributed by atoms with Gasteiger partial charge in [-0.3, -0.25) is 9.69 Å². The molecule has 3 rings (SSSR count). The molecular formula is C19H21NO3S. The van der Waals surface area contributed by atoms with Gasteiger partial charge in [0.2, 0.25) is 0 Å². The number of esters is 1. The number of likely N-dealkylation sites (tertiary alicyclic amines) is 1. The number of hydrogen-bond donors (Lipinski definition) is 0. The molecule has 1 saturated heterocycles. The minimum absolute atomic E-state index is 0.0554. The number of hydrogen-bond acceptors (Lipinski definition) is 5. The van der Waals surface area contributed by atoms with Gasteiger partial charge in [0.1, 0.15) is 4.88 Å². The summed E-state index contributed by atoms with van der Waals surface area (Å²) >= 11 is 1.41. The van der Waals surface area contributed by atoms with Gasteiger partial charge in [0.25, 0.3) is 0 Å². The summed E-state index contributed by atoms with van der Waals surface area (Å²) in [4.78, 5) is 27.1. The van der Waals surface area contributed by atoms with Gasteiger partial charge in [-0.15, -0.1) is 11.3 Å². The van der Waals surface area contributed by atoms with E-state index in [1.807, 2.05) is 41.8 Å². The van der Waals surface area contributed by atoms with E-state index in [0.717, 1.165) is 43.6 Å².